The van der Waals surface area contributed by atoms with Gasteiger partial charge in [-0.15, -0.1) is 0 Å². The highest BCUT2D eigenvalue weighted by molar-refractivity contribution is 5.90. The number of furan rings is 1. The van der Waals surface area contributed by atoms with E-state index in [4.69, 9.17) is 9.52 Å². The molecule has 7 nitrogen and oxygen atoms in total. The minimum atomic E-state index is -1.13. The van der Waals surface area contributed by atoms with Crippen molar-refractivity contribution in [1.82, 2.24) is 0 Å². The van der Waals surface area contributed by atoms with E-state index in [1.807, 2.05) is 0 Å². The van der Waals surface area contributed by atoms with Crippen LogP contribution in [0.4, 0.5) is 11.4 Å². The Morgan fingerprint density at radius 2 is 2.10 bits per heavy atom. The number of aromatic carboxylic acids is 1. The molecule has 21 heavy (non-hydrogen) atoms. The number of hydrogen-bond donors (Lipinski definition) is 1. The van der Waals surface area contributed by atoms with E-state index < -0.39 is 10.9 Å². The molecule has 0 atom stereocenters. The molecule has 1 aromatic heterocycles. The lowest BCUT2D eigenvalue weighted by atomic mass is 10.1. The number of hydrogen-bond acceptors (Lipinski definition) is 5. The van der Waals surface area contributed by atoms with Gasteiger partial charge in [0.15, 0.2) is 0 Å². The number of aryl methyl sites for hydroxylation is 1. The molecule has 0 unspecified atom stereocenters. The molecule has 0 fully saturated rings. The Hall–Kier alpha value is -2.83. The highest BCUT2D eigenvalue weighted by Crippen LogP contribution is 2.29. The molecular weight excluding hydrogens is 276 g/mol. The van der Waals surface area contributed by atoms with Gasteiger partial charge in [0, 0.05) is 13.1 Å². The fraction of sp³-hybridized carbons (Fsp3) is 0.214. The van der Waals surface area contributed by atoms with Crippen molar-refractivity contribution in [2.75, 3.05) is 11.9 Å². The molecule has 0 saturated heterocycles. The monoisotopic (exact) mass is 290 g/mol. The van der Waals surface area contributed by atoms with Crippen molar-refractivity contribution in [3.8, 4) is 0 Å². The number of nitro groups is 1. The maximum absolute atomic E-state index is 11.1. The van der Waals surface area contributed by atoms with Crippen molar-refractivity contribution in [2.45, 2.75) is 13.5 Å². The number of carbonyl (C=O) groups is 1. The third-order valence-corrected chi connectivity index (χ3v) is 3.02. The van der Waals surface area contributed by atoms with Crippen LogP contribution < -0.4 is 4.90 Å². The van der Waals surface area contributed by atoms with Gasteiger partial charge in [0.05, 0.1) is 17.0 Å². The van der Waals surface area contributed by atoms with Gasteiger partial charge >= 0.3 is 5.97 Å². The second-order valence-corrected chi connectivity index (χ2v) is 4.63. The first-order chi connectivity index (χ1) is 9.88. The fourth-order valence-corrected chi connectivity index (χ4v) is 2.01. The van der Waals surface area contributed by atoms with Crippen LogP contribution in [-0.4, -0.2) is 23.0 Å². The molecule has 0 amide bonds. The molecule has 0 saturated carbocycles. The van der Waals surface area contributed by atoms with Crippen LogP contribution in [0.3, 0.4) is 0 Å². The summed E-state index contributed by atoms with van der Waals surface area (Å²) in [5, 5.41) is 20.1. The third kappa shape index (κ3) is 3.19. The zero-order valence-electron chi connectivity index (χ0n) is 11.6. The van der Waals surface area contributed by atoms with E-state index in [9.17, 15) is 14.9 Å². The quantitative estimate of drug-likeness (QED) is 0.671. The Kier molecular flexibility index (Phi) is 3.93. The SMILES string of the molecule is Cc1ccc(CN(C)c2cc(C(=O)O)ccc2[N+](=O)[O-])o1. The van der Waals surface area contributed by atoms with E-state index in [2.05, 4.69) is 0 Å². The van der Waals surface area contributed by atoms with Gasteiger partial charge < -0.3 is 14.4 Å². The van der Waals surface area contributed by atoms with E-state index in [-0.39, 0.29) is 16.9 Å². The minimum absolute atomic E-state index is 0.00178. The average Bonchev–Trinajstić information content (AvgIpc) is 2.83. The van der Waals surface area contributed by atoms with Crippen molar-refractivity contribution in [3.63, 3.8) is 0 Å². The number of anilines is 1. The first kappa shape index (κ1) is 14.6. The summed E-state index contributed by atoms with van der Waals surface area (Å²) >= 11 is 0. The number of carboxylic acid groups (broad SMARTS) is 1. The second kappa shape index (κ2) is 5.66. The normalized spacial score (nSPS) is 10.4. The smallest absolute Gasteiger partial charge is 0.335 e. The molecular formula is C14H14N2O5. The molecule has 0 spiro atoms. The van der Waals surface area contributed by atoms with Crippen molar-refractivity contribution in [3.05, 3.63) is 57.5 Å². The molecule has 1 aromatic carbocycles. The van der Waals surface area contributed by atoms with Crippen molar-refractivity contribution >= 4 is 17.3 Å². The molecule has 0 aliphatic carbocycles. The minimum Gasteiger partial charge on any atom is -0.478 e. The van der Waals surface area contributed by atoms with Gasteiger partial charge in [-0.25, -0.2) is 4.79 Å². The average molecular weight is 290 g/mol. The Morgan fingerprint density at radius 1 is 1.38 bits per heavy atom. The Labute approximate surface area is 120 Å². The summed E-state index contributed by atoms with van der Waals surface area (Å²) in [6.07, 6.45) is 0. The van der Waals surface area contributed by atoms with E-state index in [0.29, 0.717) is 12.3 Å². The number of nitrogens with zero attached hydrogens (tertiary/aromatic N) is 2. The van der Waals surface area contributed by atoms with Crippen LogP contribution in [0, 0.1) is 17.0 Å². The topological polar surface area (TPSA) is 96.8 Å². The summed E-state index contributed by atoms with van der Waals surface area (Å²) in [4.78, 5) is 23.1. The highest BCUT2D eigenvalue weighted by Gasteiger charge is 2.20. The molecule has 2 aromatic rings. The molecule has 0 aliphatic rings. The third-order valence-electron chi connectivity index (χ3n) is 3.02. The largest absolute Gasteiger partial charge is 0.478 e. The predicted molar refractivity (Wildman–Crippen MR) is 75.6 cm³/mol. The van der Waals surface area contributed by atoms with Gasteiger partial charge in [-0.3, -0.25) is 10.1 Å². The molecule has 110 valence electrons. The van der Waals surface area contributed by atoms with Crippen LogP contribution in [0.25, 0.3) is 0 Å². The zero-order chi connectivity index (χ0) is 15.6. The van der Waals surface area contributed by atoms with E-state index >= 15 is 0 Å². The van der Waals surface area contributed by atoms with Crippen LogP contribution >= 0.6 is 0 Å². The Balaban J connectivity index is 2.37. The van der Waals surface area contributed by atoms with Crippen LogP contribution in [0.5, 0.6) is 0 Å². The lowest BCUT2D eigenvalue weighted by Crippen LogP contribution is -2.18. The Bertz CT molecular complexity index is 692. The van der Waals surface area contributed by atoms with Gasteiger partial charge in [0.25, 0.3) is 5.69 Å². The number of nitro benzene ring substituents is 1. The van der Waals surface area contributed by atoms with Crippen molar-refractivity contribution < 1.29 is 19.2 Å². The number of carboxylic acids is 1. The first-order valence-corrected chi connectivity index (χ1v) is 6.16. The maximum atomic E-state index is 11.1. The number of benzene rings is 1. The van der Waals surface area contributed by atoms with Crippen LogP contribution in [0.15, 0.2) is 34.7 Å². The van der Waals surface area contributed by atoms with Gasteiger partial charge in [-0.2, -0.15) is 0 Å². The lowest BCUT2D eigenvalue weighted by molar-refractivity contribution is -0.384. The van der Waals surface area contributed by atoms with E-state index in [1.165, 1.54) is 18.2 Å². The molecule has 2 rings (SSSR count). The summed E-state index contributed by atoms with van der Waals surface area (Å²) in [5.41, 5.74) is 0.0813. The van der Waals surface area contributed by atoms with Gasteiger partial charge in [-0.05, 0) is 31.2 Å². The maximum Gasteiger partial charge on any atom is 0.335 e. The highest BCUT2D eigenvalue weighted by atomic mass is 16.6. The molecule has 1 N–H and O–H groups in total. The molecule has 0 radical (unpaired) electrons. The van der Waals surface area contributed by atoms with Gasteiger partial charge in [-0.1, -0.05) is 0 Å². The predicted octanol–water partition coefficient (Wildman–Crippen LogP) is 2.83. The van der Waals surface area contributed by atoms with Crippen LogP contribution in [-0.2, 0) is 6.54 Å². The standard InChI is InChI=1S/C14H14N2O5/c1-9-3-5-11(21-9)8-15(2)13-7-10(14(17)18)4-6-12(13)16(19)20/h3-7H,8H2,1-2H3,(H,17,18). The number of rotatable bonds is 5. The zero-order valence-corrected chi connectivity index (χ0v) is 11.6. The summed E-state index contributed by atoms with van der Waals surface area (Å²) in [5.74, 6) is 0.255. The Morgan fingerprint density at radius 3 is 2.62 bits per heavy atom. The molecule has 0 aliphatic heterocycles. The van der Waals surface area contributed by atoms with Gasteiger partial charge in [0.2, 0.25) is 0 Å². The van der Waals surface area contributed by atoms with E-state index in [0.717, 1.165) is 5.76 Å². The van der Waals surface area contributed by atoms with E-state index in [1.54, 1.807) is 31.0 Å². The van der Waals surface area contributed by atoms with Crippen LogP contribution in [0.2, 0.25) is 0 Å². The molecule has 0 bridgehead atoms. The first-order valence-electron chi connectivity index (χ1n) is 6.16. The van der Waals surface area contributed by atoms with Crippen LogP contribution in [0.1, 0.15) is 21.9 Å². The summed E-state index contributed by atoms with van der Waals surface area (Å²) in [7, 11) is 1.64. The summed E-state index contributed by atoms with van der Waals surface area (Å²) < 4.78 is 5.43. The van der Waals surface area contributed by atoms with Crippen molar-refractivity contribution in [2.24, 2.45) is 0 Å². The second-order valence-electron chi connectivity index (χ2n) is 4.63. The van der Waals surface area contributed by atoms with Gasteiger partial charge in [0.1, 0.15) is 17.2 Å². The summed E-state index contributed by atoms with van der Waals surface area (Å²) in [6, 6.07) is 7.28. The summed E-state index contributed by atoms with van der Waals surface area (Å²) in [6.45, 7) is 2.11. The molecule has 1 heterocycles. The van der Waals surface area contributed by atoms with Crippen molar-refractivity contribution in [1.29, 1.82) is 0 Å². The fourth-order valence-electron chi connectivity index (χ4n) is 2.01. The lowest BCUT2D eigenvalue weighted by Gasteiger charge is -2.18. The molecule has 7 heteroatoms.